The zero-order valence-corrected chi connectivity index (χ0v) is 18.3. The highest BCUT2D eigenvalue weighted by Crippen LogP contribution is 2.21. The highest BCUT2D eigenvalue weighted by atomic mass is 16.6. The Morgan fingerprint density at radius 3 is 2.44 bits per heavy atom. The SMILES string of the molecule is Cc1cc(NC(=O)CCc2c(C)nc3cc(C)nn3c2C)n(-c2ccc([N+](=O)[O-])cc2)n1. The Morgan fingerprint density at radius 1 is 1.06 bits per heavy atom. The van der Waals surface area contributed by atoms with Gasteiger partial charge in [0.2, 0.25) is 5.91 Å². The lowest BCUT2D eigenvalue weighted by molar-refractivity contribution is -0.384. The Balaban J connectivity index is 1.51. The Morgan fingerprint density at radius 2 is 1.75 bits per heavy atom. The number of rotatable bonds is 6. The van der Waals surface area contributed by atoms with Gasteiger partial charge in [-0.2, -0.15) is 10.2 Å². The summed E-state index contributed by atoms with van der Waals surface area (Å²) in [7, 11) is 0. The molecule has 4 rings (SSSR count). The Hall–Kier alpha value is -4.08. The van der Waals surface area contributed by atoms with Crippen molar-refractivity contribution in [2.24, 2.45) is 0 Å². The van der Waals surface area contributed by atoms with Crippen molar-refractivity contribution in [1.29, 1.82) is 0 Å². The minimum Gasteiger partial charge on any atom is -0.311 e. The van der Waals surface area contributed by atoms with Crippen LogP contribution in [0.3, 0.4) is 0 Å². The van der Waals surface area contributed by atoms with Crippen LogP contribution in [0.4, 0.5) is 11.5 Å². The van der Waals surface area contributed by atoms with Crippen LogP contribution in [0.1, 0.15) is 34.8 Å². The van der Waals surface area contributed by atoms with Crippen LogP contribution in [-0.4, -0.2) is 35.2 Å². The molecule has 0 saturated heterocycles. The Labute approximate surface area is 184 Å². The number of benzene rings is 1. The fourth-order valence-corrected chi connectivity index (χ4v) is 3.75. The molecule has 0 aliphatic rings. The number of amides is 1. The van der Waals surface area contributed by atoms with Crippen molar-refractivity contribution in [3.05, 3.63) is 74.9 Å². The van der Waals surface area contributed by atoms with E-state index in [-0.39, 0.29) is 18.0 Å². The van der Waals surface area contributed by atoms with Crippen molar-refractivity contribution >= 4 is 23.1 Å². The first kappa shape index (κ1) is 21.2. The standard InChI is InChI=1S/C22H23N7O3/c1-13-11-20-23-15(3)19(16(4)27(20)25-13)9-10-22(30)24-21-12-14(2)26-28(21)17-5-7-18(8-6-17)29(31)32/h5-8,11-12H,9-10H2,1-4H3,(H,24,30). The molecule has 0 atom stereocenters. The minimum atomic E-state index is -0.457. The van der Waals surface area contributed by atoms with Gasteiger partial charge in [-0.3, -0.25) is 14.9 Å². The average molecular weight is 433 g/mol. The summed E-state index contributed by atoms with van der Waals surface area (Å²) in [5.74, 6) is 0.342. The molecular weight excluding hydrogens is 410 g/mol. The maximum Gasteiger partial charge on any atom is 0.269 e. The maximum atomic E-state index is 12.7. The van der Waals surface area contributed by atoms with Crippen LogP contribution in [0.5, 0.6) is 0 Å². The minimum absolute atomic E-state index is 0.00749. The molecule has 0 spiro atoms. The summed E-state index contributed by atoms with van der Waals surface area (Å²) in [5, 5.41) is 22.7. The molecule has 3 heterocycles. The van der Waals surface area contributed by atoms with Crippen molar-refractivity contribution in [3.63, 3.8) is 0 Å². The molecule has 0 saturated carbocycles. The molecule has 164 valence electrons. The number of carbonyl (C=O) groups is 1. The van der Waals surface area contributed by atoms with Crippen molar-refractivity contribution in [1.82, 2.24) is 24.4 Å². The topological polar surface area (TPSA) is 120 Å². The second-order valence-electron chi connectivity index (χ2n) is 7.72. The van der Waals surface area contributed by atoms with Crippen molar-refractivity contribution in [3.8, 4) is 5.69 Å². The Bertz CT molecular complexity index is 1340. The first-order chi connectivity index (χ1) is 15.2. The fraction of sp³-hybridized carbons (Fsp3) is 0.273. The number of fused-ring (bicyclic) bond motifs is 1. The number of anilines is 1. The lowest BCUT2D eigenvalue weighted by Gasteiger charge is -2.12. The number of nitro groups is 1. The van der Waals surface area contributed by atoms with E-state index in [0.29, 0.717) is 23.6 Å². The molecule has 0 aliphatic heterocycles. The molecule has 3 aromatic heterocycles. The van der Waals surface area contributed by atoms with Crippen LogP contribution in [0.2, 0.25) is 0 Å². The molecule has 0 radical (unpaired) electrons. The number of aryl methyl sites for hydroxylation is 4. The van der Waals surface area contributed by atoms with E-state index in [0.717, 1.165) is 28.3 Å². The van der Waals surface area contributed by atoms with E-state index in [1.165, 1.54) is 12.1 Å². The maximum absolute atomic E-state index is 12.7. The van der Waals surface area contributed by atoms with Gasteiger partial charge in [0, 0.05) is 42.1 Å². The van der Waals surface area contributed by atoms with Gasteiger partial charge >= 0.3 is 0 Å². The van der Waals surface area contributed by atoms with Crippen LogP contribution in [0, 0.1) is 37.8 Å². The van der Waals surface area contributed by atoms with E-state index in [1.807, 2.05) is 38.3 Å². The van der Waals surface area contributed by atoms with Crippen LogP contribution < -0.4 is 5.32 Å². The molecule has 0 unspecified atom stereocenters. The van der Waals surface area contributed by atoms with Gasteiger partial charge < -0.3 is 5.32 Å². The predicted octanol–water partition coefficient (Wildman–Crippen LogP) is 3.63. The summed E-state index contributed by atoms with van der Waals surface area (Å²) in [6.07, 6.45) is 0.787. The molecule has 4 aromatic rings. The Kier molecular flexibility index (Phi) is 5.43. The van der Waals surface area contributed by atoms with Crippen LogP contribution in [0.25, 0.3) is 11.3 Å². The van der Waals surface area contributed by atoms with Gasteiger partial charge in [0.05, 0.1) is 22.0 Å². The molecule has 0 fully saturated rings. The van der Waals surface area contributed by atoms with E-state index in [9.17, 15) is 14.9 Å². The lowest BCUT2D eigenvalue weighted by Crippen LogP contribution is -2.16. The van der Waals surface area contributed by atoms with Crippen LogP contribution in [0.15, 0.2) is 36.4 Å². The zero-order chi connectivity index (χ0) is 23.0. The monoisotopic (exact) mass is 433 g/mol. The predicted molar refractivity (Wildman–Crippen MR) is 119 cm³/mol. The van der Waals surface area contributed by atoms with E-state index in [2.05, 4.69) is 20.5 Å². The summed E-state index contributed by atoms with van der Waals surface area (Å²) < 4.78 is 3.37. The molecule has 10 nitrogen and oxygen atoms in total. The largest absolute Gasteiger partial charge is 0.311 e. The third kappa shape index (κ3) is 4.07. The summed E-state index contributed by atoms with van der Waals surface area (Å²) >= 11 is 0. The lowest BCUT2D eigenvalue weighted by atomic mass is 10.1. The number of nitro benzene ring substituents is 1. The quantitative estimate of drug-likeness (QED) is 0.366. The second kappa shape index (κ2) is 8.22. The van der Waals surface area contributed by atoms with Gasteiger partial charge in [-0.05, 0) is 51.8 Å². The highest BCUT2D eigenvalue weighted by Gasteiger charge is 2.15. The summed E-state index contributed by atoms with van der Waals surface area (Å²) in [6, 6.07) is 9.70. The van der Waals surface area contributed by atoms with Crippen molar-refractivity contribution < 1.29 is 9.72 Å². The number of nitrogens with zero attached hydrogens (tertiary/aromatic N) is 6. The first-order valence-electron chi connectivity index (χ1n) is 10.2. The van der Waals surface area contributed by atoms with Crippen molar-refractivity contribution in [2.45, 2.75) is 40.5 Å². The first-order valence-corrected chi connectivity index (χ1v) is 10.2. The number of nitrogens with one attached hydrogen (secondary N) is 1. The number of non-ortho nitro benzene ring substituents is 1. The van der Waals surface area contributed by atoms with E-state index in [1.54, 1.807) is 22.9 Å². The highest BCUT2D eigenvalue weighted by molar-refractivity contribution is 5.90. The summed E-state index contributed by atoms with van der Waals surface area (Å²) in [5.41, 5.74) is 5.87. The normalized spacial score (nSPS) is 11.1. The van der Waals surface area contributed by atoms with Gasteiger partial charge in [0.25, 0.3) is 5.69 Å². The van der Waals surface area contributed by atoms with Gasteiger partial charge in [0.1, 0.15) is 5.82 Å². The fourth-order valence-electron chi connectivity index (χ4n) is 3.75. The molecule has 1 amide bonds. The van der Waals surface area contributed by atoms with Crippen LogP contribution >= 0.6 is 0 Å². The van der Waals surface area contributed by atoms with E-state index in [4.69, 9.17) is 0 Å². The van der Waals surface area contributed by atoms with Crippen LogP contribution in [-0.2, 0) is 11.2 Å². The molecule has 1 N–H and O–H groups in total. The van der Waals surface area contributed by atoms with Gasteiger partial charge in [0.15, 0.2) is 5.65 Å². The van der Waals surface area contributed by atoms with Gasteiger partial charge in [-0.25, -0.2) is 14.2 Å². The van der Waals surface area contributed by atoms with Gasteiger partial charge in [-0.1, -0.05) is 0 Å². The number of hydrogen-bond acceptors (Lipinski definition) is 6. The van der Waals surface area contributed by atoms with Crippen molar-refractivity contribution in [2.75, 3.05) is 5.32 Å². The number of hydrogen-bond donors (Lipinski definition) is 1. The zero-order valence-electron chi connectivity index (χ0n) is 18.3. The number of carbonyl (C=O) groups excluding carboxylic acids is 1. The molecular formula is C22H23N7O3. The molecule has 32 heavy (non-hydrogen) atoms. The van der Waals surface area contributed by atoms with Gasteiger partial charge in [-0.15, -0.1) is 0 Å². The third-order valence-corrected chi connectivity index (χ3v) is 5.29. The smallest absolute Gasteiger partial charge is 0.269 e. The van der Waals surface area contributed by atoms with E-state index < -0.39 is 4.92 Å². The molecule has 1 aromatic carbocycles. The average Bonchev–Trinajstić information content (AvgIpc) is 3.29. The summed E-state index contributed by atoms with van der Waals surface area (Å²) in [4.78, 5) is 27.8. The third-order valence-electron chi connectivity index (χ3n) is 5.29. The second-order valence-corrected chi connectivity index (χ2v) is 7.72. The molecule has 0 aliphatic carbocycles. The van der Waals surface area contributed by atoms with E-state index >= 15 is 0 Å². The molecule has 0 bridgehead atoms. The number of aromatic nitrogens is 5. The molecule has 10 heteroatoms. The summed E-state index contributed by atoms with van der Waals surface area (Å²) in [6.45, 7) is 7.66.